The molecular weight excluding hydrogens is 270 g/mol. The third kappa shape index (κ3) is 3.87. The van der Waals surface area contributed by atoms with E-state index in [-0.39, 0.29) is 0 Å². The molecule has 0 aliphatic heterocycles. The number of nitrogens with one attached hydrogen (secondary N) is 1. The lowest BCUT2D eigenvalue weighted by molar-refractivity contribution is 0.319. The Morgan fingerprint density at radius 2 is 2.20 bits per heavy atom. The highest BCUT2D eigenvalue weighted by Gasteiger charge is 2.04. The first-order valence-electron chi connectivity index (χ1n) is 6.92. The number of benzene rings is 1. The van der Waals surface area contributed by atoms with Crippen LogP contribution in [0.2, 0.25) is 0 Å². The van der Waals surface area contributed by atoms with Crippen molar-refractivity contribution >= 4 is 22.7 Å². The number of anilines is 2. The average molecular weight is 291 g/mol. The normalized spacial score (nSPS) is 10.5. The molecule has 0 radical (unpaired) electrons. The SMILES string of the molecule is CCCOc1cc(NCc2ncc(CC)s2)ccc1N. The second kappa shape index (κ2) is 7.14. The van der Waals surface area contributed by atoms with Crippen LogP contribution in [-0.2, 0) is 13.0 Å². The van der Waals surface area contributed by atoms with Crippen LogP contribution in [-0.4, -0.2) is 11.6 Å². The van der Waals surface area contributed by atoms with E-state index in [0.717, 1.165) is 35.8 Å². The maximum atomic E-state index is 5.90. The maximum Gasteiger partial charge on any atom is 0.144 e. The summed E-state index contributed by atoms with van der Waals surface area (Å²) in [6.45, 7) is 5.62. The lowest BCUT2D eigenvalue weighted by Crippen LogP contribution is -2.02. The van der Waals surface area contributed by atoms with Gasteiger partial charge in [-0.25, -0.2) is 4.98 Å². The second-order valence-electron chi connectivity index (χ2n) is 4.53. The van der Waals surface area contributed by atoms with Gasteiger partial charge in [-0.2, -0.15) is 0 Å². The number of aryl methyl sites for hydroxylation is 1. The molecule has 1 aromatic heterocycles. The van der Waals surface area contributed by atoms with Crippen LogP contribution in [0.25, 0.3) is 0 Å². The largest absolute Gasteiger partial charge is 0.491 e. The van der Waals surface area contributed by atoms with Crippen LogP contribution in [0.15, 0.2) is 24.4 Å². The number of thiazole rings is 1. The standard InChI is InChI=1S/C15H21N3OS/c1-3-7-19-14-8-11(5-6-13(14)16)17-10-15-18-9-12(4-2)20-15/h5-6,8-9,17H,3-4,7,10,16H2,1-2H3. The fourth-order valence-electron chi connectivity index (χ4n) is 1.75. The molecule has 0 aliphatic carbocycles. The average Bonchev–Trinajstić information content (AvgIpc) is 2.93. The summed E-state index contributed by atoms with van der Waals surface area (Å²) in [4.78, 5) is 5.70. The molecule has 0 spiro atoms. The van der Waals surface area contributed by atoms with Crippen LogP contribution in [0.3, 0.4) is 0 Å². The van der Waals surface area contributed by atoms with Gasteiger partial charge in [0.15, 0.2) is 0 Å². The van der Waals surface area contributed by atoms with E-state index in [2.05, 4.69) is 24.1 Å². The van der Waals surface area contributed by atoms with Crippen molar-refractivity contribution in [2.24, 2.45) is 0 Å². The minimum atomic E-state index is 0.673. The first-order valence-corrected chi connectivity index (χ1v) is 7.74. The maximum absolute atomic E-state index is 5.90. The number of ether oxygens (including phenoxy) is 1. The Balaban J connectivity index is 1.98. The van der Waals surface area contributed by atoms with Crippen molar-refractivity contribution in [2.75, 3.05) is 17.7 Å². The Bertz CT molecular complexity index is 554. The highest BCUT2D eigenvalue weighted by molar-refractivity contribution is 7.11. The van der Waals surface area contributed by atoms with Gasteiger partial charge < -0.3 is 15.8 Å². The molecule has 0 amide bonds. The molecule has 1 heterocycles. The smallest absolute Gasteiger partial charge is 0.144 e. The highest BCUT2D eigenvalue weighted by Crippen LogP contribution is 2.26. The zero-order chi connectivity index (χ0) is 14.4. The molecule has 20 heavy (non-hydrogen) atoms. The van der Waals surface area contributed by atoms with Crippen molar-refractivity contribution in [1.82, 2.24) is 4.98 Å². The third-order valence-corrected chi connectivity index (χ3v) is 4.01. The third-order valence-electron chi connectivity index (χ3n) is 2.87. The van der Waals surface area contributed by atoms with E-state index >= 15 is 0 Å². The number of nitrogens with zero attached hydrogens (tertiary/aromatic N) is 1. The summed E-state index contributed by atoms with van der Waals surface area (Å²) < 4.78 is 5.62. The zero-order valence-electron chi connectivity index (χ0n) is 12.0. The van der Waals surface area contributed by atoms with Crippen molar-refractivity contribution in [1.29, 1.82) is 0 Å². The molecule has 0 saturated heterocycles. The summed E-state index contributed by atoms with van der Waals surface area (Å²) in [6, 6.07) is 5.77. The van der Waals surface area contributed by atoms with Crippen LogP contribution in [0, 0.1) is 0 Å². The summed E-state index contributed by atoms with van der Waals surface area (Å²) >= 11 is 1.74. The molecule has 3 N–H and O–H groups in total. The summed E-state index contributed by atoms with van der Waals surface area (Å²) in [7, 11) is 0. The Kier molecular flexibility index (Phi) is 5.24. The Hall–Kier alpha value is -1.75. The van der Waals surface area contributed by atoms with E-state index in [1.165, 1.54) is 4.88 Å². The Morgan fingerprint density at radius 1 is 1.35 bits per heavy atom. The van der Waals surface area contributed by atoms with Gasteiger partial charge in [0.25, 0.3) is 0 Å². The molecule has 1 aromatic carbocycles. The molecule has 5 heteroatoms. The predicted molar refractivity (Wildman–Crippen MR) is 85.5 cm³/mol. The Morgan fingerprint density at radius 3 is 2.90 bits per heavy atom. The summed E-state index contributed by atoms with van der Waals surface area (Å²) in [5.74, 6) is 0.741. The zero-order valence-corrected chi connectivity index (χ0v) is 12.8. The molecule has 2 aromatic rings. The van der Waals surface area contributed by atoms with Crippen LogP contribution in [0.4, 0.5) is 11.4 Å². The van der Waals surface area contributed by atoms with Crippen LogP contribution in [0.5, 0.6) is 5.75 Å². The number of aromatic nitrogens is 1. The number of rotatable bonds is 7. The van der Waals surface area contributed by atoms with Crippen molar-refractivity contribution in [2.45, 2.75) is 33.2 Å². The summed E-state index contributed by atoms with van der Waals surface area (Å²) in [6.07, 6.45) is 3.95. The fourth-order valence-corrected chi connectivity index (χ4v) is 2.55. The number of hydrogen-bond donors (Lipinski definition) is 2. The van der Waals surface area contributed by atoms with E-state index in [4.69, 9.17) is 10.5 Å². The lowest BCUT2D eigenvalue weighted by Gasteiger charge is -2.11. The van der Waals surface area contributed by atoms with Gasteiger partial charge in [0.05, 0.1) is 18.8 Å². The molecule has 4 nitrogen and oxygen atoms in total. The molecule has 0 unspecified atom stereocenters. The van der Waals surface area contributed by atoms with Gasteiger partial charge in [-0.1, -0.05) is 13.8 Å². The van der Waals surface area contributed by atoms with Gasteiger partial charge in [0.2, 0.25) is 0 Å². The first-order chi connectivity index (χ1) is 9.72. The quantitative estimate of drug-likeness (QED) is 0.764. The van der Waals surface area contributed by atoms with Crippen molar-refractivity contribution < 1.29 is 4.74 Å². The monoisotopic (exact) mass is 291 g/mol. The van der Waals surface area contributed by atoms with Crippen molar-refractivity contribution in [3.8, 4) is 5.75 Å². The molecule has 0 fully saturated rings. The molecule has 0 bridgehead atoms. The number of hydrogen-bond acceptors (Lipinski definition) is 5. The van der Waals surface area contributed by atoms with Crippen LogP contribution >= 0.6 is 11.3 Å². The first kappa shape index (κ1) is 14.7. The van der Waals surface area contributed by atoms with Gasteiger partial charge in [-0.3, -0.25) is 0 Å². The summed E-state index contributed by atoms with van der Waals surface area (Å²) in [5, 5.41) is 4.45. The second-order valence-corrected chi connectivity index (χ2v) is 5.73. The van der Waals surface area contributed by atoms with Gasteiger partial charge in [-0.05, 0) is 25.0 Å². The topological polar surface area (TPSA) is 60.2 Å². The predicted octanol–water partition coefficient (Wildman–Crippen LogP) is 3.69. The number of nitrogens with two attached hydrogens (primary N) is 1. The summed E-state index contributed by atoms with van der Waals surface area (Å²) in [5.41, 5.74) is 7.57. The van der Waals surface area contributed by atoms with E-state index in [9.17, 15) is 0 Å². The van der Waals surface area contributed by atoms with Gasteiger partial charge in [0.1, 0.15) is 10.8 Å². The molecule has 0 atom stereocenters. The van der Waals surface area contributed by atoms with E-state index < -0.39 is 0 Å². The Labute approximate surface area is 124 Å². The molecule has 0 saturated carbocycles. The van der Waals surface area contributed by atoms with Gasteiger partial charge >= 0.3 is 0 Å². The highest BCUT2D eigenvalue weighted by atomic mass is 32.1. The molecule has 2 rings (SSSR count). The van der Waals surface area contributed by atoms with Crippen molar-refractivity contribution in [3.63, 3.8) is 0 Å². The van der Waals surface area contributed by atoms with E-state index in [1.54, 1.807) is 11.3 Å². The van der Waals surface area contributed by atoms with E-state index in [1.807, 2.05) is 24.4 Å². The minimum Gasteiger partial charge on any atom is -0.491 e. The number of nitrogen functional groups attached to an aromatic ring is 1. The molecule has 0 aliphatic rings. The van der Waals surface area contributed by atoms with E-state index in [0.29, 0.717) is 12.3 Å². The van der Waals surface area contributed by atoms with Crippen LogP contribution < -0.4 is 15.8 Å². The fraction of sp³-hybridized carbons (Fsp3) is 0.400. The molecule has 108 valence electrons. The molecular formula is C15H21N3OS. The van der Waals surface area contributed by atoms with Crippen molar-refractivity contribution in [3.05, 3.63) is 34.3 Å². The van der Waals surface area contributed by atoms with Gasteiger partial charge in [-0.15, -0.1) is 11.3 Å². The van der Waals surface area contributed by atoms with Crippen LogP contribution in [0.1, 0.15) is 30.2 Å². The van der Waals surface area contributed by atoms with Gasteiger partial charge in [0, 0.05) is 22.8 Å². The minimum absolute atomic E-state index is 0.673. The lowest BCUT2D eigenvalue weighted by atomic mass is 10.2.